The molecule has 2 fully saturated rings. The molecule has 0 radical (unpaired) electrons. The molecule has 18 heavy (non-hydrogen) atoms. The van der Waals surface area contributed by atoms with Crippen LogP contribution in [0.2, 0.25) is 0 Å². The third kappa shape index (κ3) is 3.46. The number of piperazine rings is 1. The van der Waals surface area contributed by atoms with E-state index in [1.807, 2.05) is 0 Å². The molecule has 1 saturated carbocycles. The molecule has 0 spiro atoms. The third-order valence-corrected chi connectivity index (χ3v) is 4.68. The second-order valence-electron chi connectivity index (χ2n) is 6.97. The van der Waals surface area contributed by atoms with Crippen molar-refractivity contribution in [2.45, 2.75) is 70.6 Å². The lowest BCUT2D eigenvalue weighted by Crippen LogP contribution is -2.57. The fourth-order valence-electron chi connectivity index (χ4n) is 3.42. The summed E-state index contributed by atoms with van der Waals surface area (Å²) in [5, 5.41) is 10.3. The fraction of sp³-hybridized carbons (Fsp3) is 1.00. The van der Waals surface area contributed by atoms with Crippen LogP contribution in [0.5, 0.6) is 0 Å². The number of aliphatic hydroxyl groups excluding tert-OH is 1. The minimum atomic E-state index is -0.0892. The molecule has 1 aliphatic carbocycles. The monoisotopic (exact) mass is 254 g/mol. The molecule has 2 rings (SSSR count). The molecule has 3 nitrogen and oxygen atoms in total. The van der Waals surface area contributed by atoms with E-state index in [0.717, 1.165) is 32.6 Å². The minimum absolute atomic E-state index is 0.0892. The number of aliphatic hydroxyl groups is 1. The zero-order chi connectivity index (χ0) is 13.2. The van der Waals surface area contributed by atoms with Crippen LogP contribution in [-0.2, 0) is 0 Å². The number of hydrogen-bond donors (Lipinski definition) is 1. The Morgan fingerprint density at radius 1 is 0.889 bits per heavy atom. The molecular formula is C15H30N2O. The van der Waals surface area contributed by atoms with Crippen molar-refractivity contribution in [3.8, 4) is 0 Å². The van der Waals surface area contributed by atoms with Crippen molar-refractivity contribution in [2.24, 2.45) is 0 Å². The zero-order valence-electron chi connectivity index (χ0n) is 12.4. The Bertz CT molecular complexity index is 254. The highest BCUT2D eigenvalue weighted by molar-refractivity contribution is 4.88. The lowest BCUT2D eigenvalue weighted by atomic mass is 10.0. The highest BCUT2D eigenvalue weighted by Crippen LogP contribution is 2.25. The Hall–Kier alpha value is -0.120. The largest absolute Gasteiger partial charge is 0.391 e. The second kappa shape index (κ2) is 5.89. The first-order chi connectivity index (χ1) is 8.48. The Labute approximate surface area is 112 Å². The van der Waals surface area contributed by atoms with Gasteiger partial charge >= 0.3 is 0 Å². The predicted octanol–water partition coefficient (Wildman–Crippen LogP) is 2.10. The van der Waals surface area contributed by atoms with E-state index in [1.165, 1.54) is 25.7 Å². The molecule has 106 valence electrons. The summed E-state index contributed by atoms with van der Waals surface area (Å²) in [7, 11) is 0. The molecule has 3 heteroatoms. The van der Waals surface area contributed by atoms with Gasteiger partial charge in [-0.3, -0.25) is 9.80 Å². The smallest absolute Gasteiger partial charge is 0.0695 e. The van der Waals surface area contributed by atoms with Crippen LogP contribution in [0.3, 0.4) is 0 Å². The maximum atomic E-state index is 10.3. The Morgan fingerprint density at radius 2 is 1.50 bits per heavy atom. The molecule has 0 aromatic heterocycles. The standard InChI is InChI=1S/C15H30N2O/c1-15(2,3)17-11-9-16(10-12-17)13-7-5-4-6-8-14(13)18/h13-14,18H,4-12H2,1-3H3. The van der Waals surface area contributed by atoms with E-state index in [4.69, 9.17) is 0 Å². The van der Waals surface area contributed by atoms with Gasteiger partial charge in [0.1, 0.15) is 0 Å². The molecule has 0 amide bonds. The lowest BCUT2D eigenvalue weighted by Gasteiger charge is -2.45. The summed E-state index contributed by atoms with van der Waals surface area (Å²) < 4.78 is 0. The molecule has 1 N–H and O–H groups in total. The third-order valence-electron chi connectivity index (χ3n) is 4.68. The minimum Gasteiger partial charge on any atom is -0.391 e. The van der Waals surface area contributed by atoms with Crippen LogP contribution in [0.15, 0.2) is 0 Å². The van der Waals surface area contributed by atoms with E-state index in [9.17, 15) is 5.11 Å². The van der Waals surface area contributed by atoms with Gasteiger partial charge in [0.15, 0.2) is 0 Å². The molecule has 2 atom stereocenters. The van der Waals surface area contributed by atoms with Crippen molar-refractivity contribution in [3.63, 3.8) is 0 Å². The summed E-state index contributed by atoms with van der Waals surface area (Å²) in [4.78, 5) is 5.10. The zero-order valence-corrected chi connectivity index (χ0v) is 12.4. The van der Waals surface area contributed by atoms with E-state index in [-0.39, 0.29) is 11.6 Å². The van der Waals surface area contributed by atoms with Gasteiger partial charge in [0.2, 0.25) is 0 Å². The molecule has 1 aliphatic heterocycles. The van der Waals surface area contributed by atoms with Gasteiger partial charge in [-0.05, 0) is 33.6 Å². The van der Waals surface area contributed by atoms with Gasteiger partial charge in [-0.25, -0.2) is 0 Å². The van der Waals surface area contributed by atoms with Gasteiger partial charge in [-0.15, -0.1) is 0 Å². The van der Waals surface area contributed by atoms with Crippen LogP contribution < -0.4 is 0 Å². The van der Waals surface area contributed by atoms with Crippen molar-refractivity contribution < 1.29 is 5.11 Å². The first-order valence-corrected chi connectivity index (χ1v) is 7.65. The number of rotatable bonds is 1. The van der Waals surface area contributed by atoms with Gasteiger partial charge < -0.3 is 5.11 Å². The van der Waals surface area contributed by atoms with Crippen LogP contribution in [0.1, 0.15) is 52.9 Å². The normalized spacial score (nSPS) is 33.3. The van der Waals surface area contributed by atoms with Crippen molar-refractivity contribution in [1.29, 1.82) is 0 Å². The first kappa shape index (κ1) is 14.3. The van der Waals surface area contributed by atoms with E-state index < -0.39 is 0 Å². The molecule has 1 saturated heterocycles. The quantitative estimate of drug-likeness (QED) is 0.726. The molecule has 0 aromatic rings. The van der Waals surface area contributed by atoms with E-state index in [0.29, 0.717) is 6.04 Å². The lowest BCUT2D eigenvalue weighted by molar-refractivity contribution is -0.00490. The van der Waals surface area contributed by atoms with Gasteiger partial charge in [-0.2, -0.15) is 0 Å². The van der Waals surface area contributed by atoms with Gasteiger partial charge in [0.25, 0.3) is 0 Å². The Morgan fingerprint density at radius 3 is 2.11 bits per heavy atom. The SMILES string of the molecule is CC(C)(C)N1CCN(C2CCCCCC2O)CC1. The predicted molar refractivity (Wildman–Crippen MR) is 75.8 cm³/mol. The molecule has 0 aromatic carbocycles. The van der Waals surface area contributed by atoms with Gasteiger partial charge in [-0.1, -0.05) is 19.3 Å². The molecule has 0 bridgehead atoms. The maximum Gasteiger partial charge on any atom is 0.0695 e. The summed E-state index contributed by atoms with van der Waals surface area (Å²) in [5.74, 6) is 0. The first-order valence-electron chi connectivity index (χ1n) is 7.65. The topological polar surface area (TPSA) is 26.7 Å². The van der Waals surface area contributed by atoms with Crippen LogP contribution in [0, 0.1) is 0 Å². The Balaban J connectivity index is 1.88. The van der Waals surface area contributed by atoms with E-state index in [1.54, 1.807) is 0 Å². The number of hydrogen-bond acceptors (Lipinski definition) is 3. The number of nitrogens with zero attached hydrogens (tertiary/aromatic N) is 2. The highest BCUT2D eigenvalue weighted by Gasteiger charge is 2.32. The molecule has 1 heterocycles. The van der Waals surface area contributed by atoms with E-state index >= 15 is 0 Å². The summed E-state index contributed by atoms with van der Waals surface area (Å²) in [6, 6.07) is 0.426. The van der Waals surface area contributed by atoms with Crippen LogP contribution in [0.25, 0.3) is 0 Å². The molecular weight excluding hydrogens is 224 g/mol. The van der Waals surface area contributed by atoms with Crippen molar-refractivity contribution >= 4 is 0 Å². The molecule has 2 aliphatic rings. The average molecular weight is 254 g/mol. The van der Waals surface area contributed by atoms with Crippen LogP contribution in [0.4, 0.5) is 0 Å². The summed E-state index contributed by atoms with van der Waals surface area (Å²) in [6.07, 6.45) is 5.91. The highest BCUT2D eigenvalue weighted by atomic mass is 16.3. The fourth-order valence-corrected chi connectivity index (χ4v) is 3.42. The van der Waals surface area contributed by atoms with Crippen LogP contribution in [-0.4, -0.2) is 58.8 Å². The average Bonchev–Trinajstić information content (AvgIpc) is 2.53. The van der Waals surface area contributed by atoms with Crippen molar-refractivity contribution in [1.82, 2.24) is 9.80 Å². The van der Waals surface area contributed by atoms with Gasteiger partial charge in [0.05, 0.1) is 6.10 Å². The second-order valence-corrected chi connectivity index (χ2v) is 6.97. The summed E-state index contributed by atoms with van der Waals surface area (Å²) >= 11 is 0. The van der Waals surface area contributed by atoms with E-state index in [2.05, 4.69) is 30.6 Å². The van der Waals surface area contributed by atoms with Gasteiger partial charge in [0, 0.05) is 37.8 Å². The summed E-state index contributed by atoms with van der Waals surface area (Å²) in [5.41, 5.74) is 0.286. The summed E-state index contributed by atoms with van der Waals surface area (Å²) in [6.45, 7) is 11.4. The van der Waals surface area contributed by atoms with Crippen molar-refractivity contribution in [3.05, 3.63) is 0 Å². The van der Waals surface area contributed by atoms with Crippen LogP contribution >= 0.6 is 0 Å². The maximum absolute atomic E-state index is 10.3. The molecule has 2 unspecified atom stereocenters. The Kier molecular flexibility index (Phi) is 4.68. The van der Waals surface area contributed by atoms with Crippen molar-refractivity contribution in [2.75, 3.05) is 26.2 Å².